The maximum atomic E-state index is 6.52. The summed E-state index contributed by atoms with van der Waals surface area (Å²) in [6.45, 7) is 4.33. The molecule has 22 heavy (non-hydrogen) atoms. The maximum absolute atomic E-state index is 6.52. The second-order valence-corrected chi connectivity index (χ2v) is 6.07. The Hall–Kier alpha value is -2.05. The molecule has 0 amide bonds. The molecule has 0 unspecified atom stereocenters. The lowest BCUT2D eigenvalue weighted by Crippen LogP contribution is -2.07. The van der Waals surface area contributed by atoms with Gasteiger partial charge in [0.1, 0.15) is 0 Å². The minimum Gasteiger partial charge on any atom is -0.0840 e. The molecule has 3 aromatic rings. The lowest BCUT2D eigenvalue weighted by Gasteiger charge is -2.23. The SMILES string of the molecule is Cc1ccccc1C(c1ccccc1C)c1ccccc1Cl. The number of rotatable bonds is 3. The molecule has 1 heteroatoms. The molecule has 3 aromatic carbocycles. The summed E-state index contributed by atoms with van der Waals surface area (Å²) in [5.41, 5.74) is 6.36. The third-order valence-electron chi connectivity index (χ3n) is 4.22. The van der Waals surface area contributed by atoms with E-state index in [1.807, 2.05) is 12.1 Å². The predicted octanol–water partition coefficient (Wildman–Crippen LogP) is 6.14. The normalized spacial score (nSPS) is 10.9. The summed E-state index contributed by atoms with van der Waals surface area (Å²) in [5.74, 6) is 0.163. The summed E-state index contributed by atoms with van der Waals surface area (Å²) in [6, 6.07) is 25.3. The molecule has 3 rings (SSSR count). The highest BCUT2D eigenvalue weighted by molar-refractivity contribution is 6.31. The van der Waals surface area contributed by atoms with Gasteiger partial charge < -0.3 is 0 Å². The molecule has 0 aliphatic heterocycles. The van der Waals surface area contributed by atoms with Crippen LogP contribution in [-0.2, 0) is 0 Å². The summed E-state index contributed by atoms with van der Waals surface area (Å²) in [7, 11) is 0. The van der Waals surface area contributed by atoms with Gasteiger partial charge in [0.2, 0.25) is 0 Å². The number of halogens is 1. The summed E-state index contributed by atoms with van der Waals surface area (Å²) >= 11 is 6.52. The second kappa shape index (κ2) is 6.37. The van der Waals surface area contributed by atoms with Gasteiger partial charge in [-0.25, -0.2) is 0 Å². The quantitative estimate of drug-likeness (QED) is 0.510. The molecule has 110 valence electrons. The Bertz CT molecular complexity index is 681. The van der Waals surface area contributed by atoms with Crippen LogP contribution in [0, 0.1) is 13.8 Å². The molecule has 0 aromatic heterocycles. The molecular weight excluding hydrogens is 288 g/mol. The van der Waals surface area contributed by atoms with Gasteiger partial charge in [-0.3, -0.25) is 0 Å². The number of hydrogen-bond acceptors (Lipinski definition) is 0. The van der Waals surface area contributed by atoms with Crippen molar-refractivity contribution in [1.82, 2.24) is 0 Å². The molecule has 0 fully saturated rings. The Morgan fingerprint density at radius 2 is 1.00 bits per heavy atom. The fourth-order valence-electron chi connectivity index (χ4n) is 3.03. The molecule has 0 saturated carbocycles. The van der Waals surface area contributed by atoms with Crippen LogP contribution in [0.1, 0.15) is 33.7 Å². The predicted molar refractivity (Wildman–Crippen MR) is 94.8 cm³/mol. The van der Waals surface area contributed by atoms with Crippen LogP contribution < -0.4 is 0 Å². The first-order valence-electron chi connectivity index (χ1n) is 7.54. The first kappa shape index (κ1) is 14.9. The van der Waals surface area contributed by atoms with E-state index in [2.05, 4.69) is 74.5 Å². The summed E-state index contributed by atoms with van der Waals surface area (Å²) in [6.07, 6.45) is 0. The molecule has 0 spiro atoms. The van der Waals surface area contributed by atoms with Crippen molar-refractivity contribution in [3.8, 4) is 0 Å². The molecule has 0 saturated heterocycles. The Kier molecular flexibility index (Phi) is 4.31. The molecule has 0 N–H and O–H groups in total. The zero-order valence-electron chi connectivity index (χ0n) is 12.9. The van der Waals surface area contributed by atoms with E-state index in [1.165, 1.54) is 22.3 Å². The summed E-state index contributed by atoms with van der Waals surface area (Å²) in [5, 5.41) is 0.819. The third-order valence-corrected chi connectivity index (χ3v) is 4.56. The molecule has 0 aliphatic rings. The first-order valence-corrected chi connectivity index (χ1v) is 7.92. The Labute approximate surface area is 137 Å². The highest BCUT2D eigenvalue weighted by Crippen LogP contribution is 2.38. The van der Waals surface area contributed by atoms with E-state index in [0.717, 1.165) is 10.6 Å². The van der Waals surface area contributed by atoms with Crippen molar-refractivity contribution in [1.29, 1.82) is 0 Å². The lowest BCUT2D eigenvalue weighted by atomic mass is 9.81. The highest BCUT2D eigenvalue weighted by Gasteiger charge is 2.21. The van der Waals surface area contributed by atoms with Crippen LogP contribution >= 0.6 is 11.6 Å². The van der Waals surface area contributed by atoms with E-state index < -0.39 is 0 Å². The van der Waals surface area contributed by atoms with Crippen LogP contribution in [0.3, 0.4) is 0 Å². The molecule has 0 bridgehead atoms. The van der Waals surface area contributed by atoms with Crippen molar-refractivity contribution in [3.05, 3.63) is 106 Å². The van der Waals surface area contributed by atoms with Gasteiger partial charge in [-0.1, -0.05) is 78.3 Å². The van der Waals surface area contributed by atoms with Crippen molar-refractivity contribution in [2.24, 2.45) is 0 Å². The minimum absolute atomic E-state index is 0.163. The first-order chi connectivity index (χ1) is 10.7. The van der Waals surface area contributed by atoms with Crippen molar-refractivity contribution < 1.29 is 0 Å². The van der Waals surface area contributed by atoms with Gasteiger partial charge in [-0.15, -0.1) is 0 Å². The van der Waals surface area contributed by atoms with Gasteiger partial charge in [0, 0.05) is 10.9 Å². The number of aryl methyl sites for hydroxylation is 2. The van der Waals surface area contributed by atoms with Gasteiger partial charge >= 0.3 is 0 Å². The van der Waals surface area contributed by atoms with Gasteiger partial charge in [0.25, 0.3) is 0 Å². The summed E-state index contributed by atoms with van der Waals surface area (Å²) in [4.78, 5) is 0. The van der Waals surface area contributed by atoms with Gasteiger partial charge in [0.05, 0.1) is 0 Å². The zero-order valence-corrected chi connectivity index (χ0v) is 13.6. The monoisotopic (exact) mass is 306 g/mol. The van der Waals surface area contributed by atoms with Crippen LogP contribution in [-0.4, -0.2) is 0 Å². The van der Waals surface area contributed by atoms with Gasteiger partial charge in [-0.05, 0) is 47.7 Å². The van der Waals surface area contributed by atoms with Crippen molar-refractivity contribution in [2.75, 3.05) is 0 Å². The van der Waals surface area contributed by atoms with Gasteiger partial charge in [-0.2, -0.15) is 0 Å². The topological polar surface area (TPSA) is 0 Å². The maximum Gasteiger partial charge on any atom is 0.0447 e. The number of benzene rings is 3. The van der Waals surface area contributed by atoms with E-state index in [4.69, 9.17) is 11.6 Å². The van der Waals surface area contributed by atoms with Crippen molar-refractivity contribution >= 4 is 11.6 Å². The largest absolute Gasteiger partial charge is 0.0840 e. The fraction of sp³-hybridized carbons (Fsp3) is 0.143. The number of hydrogen-bond donors (Lipinski definition) is 0. The van der Waals surface area contributed by atoms with E-state index in [0.29, 0.717) is 0 Å². The van der Waals surface area contributed by atoms with E-state index in [-0.39, 0.29) is 5.92 Å². The van der Waals surface area contributed by atoms with E-state index in [1.54, 1.807) is 0 Å². The lowest BCUT2D eigenvalue weighted by molar-refractivity contribution is 0.950. The van der Waals surface area contributed by atoms with Crippen LogP contribution in [0.4, 0.5) is 0 Å². The molecule has 0 radical (unpaired) electrons. The van der Waals surface area contributed by atoms with Crippen LogP contribution in [0.25, 0.3) is 0 Å². The molecular formula is C21H19Cl. The van der Waals surface area contributed by atoms with E-state index >= 15 is 0 Å². The smallest absolute Gasteiger partial charge is 0.0447 e. The van der Waals surface area contributed by atoms with Crippen LogP contribution in [0.2, 0.25) is 5.02 Å². The van der Waals surface area contributed by atoms with Crippen LogP contribution in [0.5, 0.6) is 0 Å². The average Bonchev–Trinajstić information content (AvgIpc) is 2.53. The van der Waals surface area contributed by atoms with Crippen molar-refractivity contribution in [3.63, 3.8) is 0 Å². The summed E-state index contributed by atoms with van der Waals surface area (Å²) < 4.78 is 0. The zero-order chi connectivity index (χ0) is 15.5. The standard InChI is InChI=1S/C21H19Cl/c1-15-9-3-5-11-17(15)21(18-12-6-4-10-16(18)2)19-13-7-8-14-20(19)22/h3-14,21H,1-2H3. The molecule has 0 atom stereocenters. The molecule has 0 heterocycles. The average molecular weight is 307 g/mol. The molecule has 0 aliphatic carbocycles. The minimum atomic E-state index is 0.163. The molecule has 0 nitrogen and oxygen atoms in total. The Morgan fingerprint density at radius 3 is 1.45 bits per heavy atom. The van der Waals surface area contributed by atoms with E-state index in [9.17, 15) is 0 Å². The second-order valence-electron chi connectivity index (χ2n) is 5.67. The van der Waals surface area contributed by atoms with Crippen LogP contribution in [0.15, 0.2) is 72.8 Å². The van der Waals surface area contributed by atoms with Gasteiger partial charge in [0.15, 0.2) is 0 Å². The highest BCUT2D eigenvalue weighted by atomic mass is 35.5. The Balaban J connectivity index is 2.27. The Morgan fingerprint density at radius 1 is 0.591 bits per heavy atom. The third kappa shape index (κ3) is 2.80. The van der Waals surface area contributed by atoms with Crippen molar-refractivity contribution in [2.45, 2.75) is 19.8 Å². The fourth-order valence-corrected chi connectivity index (χ4v) is 3.28.